The van der Waals surface area contributed by atoms with Crippen LogP contribution >= 0.6 is 11.8 Å². The molecule has 1 aliphatic rings. The Morgan fingerprint density at radius 1 is 1.31 bits per heavy atom. The van der Waals surface area contributed by atoms with E-state index in [9.17, 15) is 4.79 Å². The van der Waals surface area contributed by atoms with Crippen molar-refractivity contribution in [2.75, 3.05) is 42.8 Å². The third-order valence-electron chi connectivity index (χ3n) is 5.36. The van der Waals surface area contributed by atoms with Gasteiger partial charge in [-0.3, -0.25) is 4.79 Å². The molecule has 0 saturated carbocycles. The molecule has 1 aromatic carbocycles. The van der Waals surface area contributed by atoms with Gasteiger partial charge in [0.15, 0.2) is 5.16 Å². The summed E-state index contributed by atoms with van der Waals surface area (Å²) in [5.41, 5.74) is 1.37. The Morgan fingerprint density at radius 3 is 2.90 bits per heavy atom. The van der Waals surface area contributed by atoms with E-state index in [-0.39, 0.29) is 5.91 Å². The average Bonchev–Trinajstić information content (AvgIpc) is 2.87. The molecule has 7 heteroatoms. The van der Waals surface area contributed by atoms with Crippen molar-refractivity contribution in [1.82, 2.24) is 9.97 Å². The molecule has 6 nitrogen and oxygen atoms in total. The van der Waals surface area contributed by atoms with E-state index in [4.69, 9.17) is 4.74 Å². The molecule has 1 atom stereocenters. The lowest BCUT2D eigenvalue weighted by atomic mass is 10.0. The van der Waals surface area contributed by atoms with E-state index in [0.717, 1.165) is 23.8 Å². The lowest BCUT2D eigenvalue weighted by Gasteiger charge is -2.21. The van der Waals surface area contributed by atoms with E-state index >= 15 is 0 Å². The average molecular weight is 415 g/mol. The number of aromatic nitrogens is 2. The molecule has 2 aromatic rings. The van der Waals surface area contributed by atoms with Crippen molar-refractivity contribution < 1.29 is 9.53 Å². The smallest absolute Gasteiger partial charge is 0.263 e. The largest absolute Gasteiger partial charge is 0.494 e. The zero-order chi connectivity index (χ0) is 20.8. The van der Waals surface area contributed by atoms with Gasteiger partial charge in [-0.25, -0.2) is 9.97 Å². The second kappa shape index (κ2) is 9.96. The van der Waals surface area contributed by atoms with Crippen molar-refractivity contribution in [1.29, 1.82) is 0 Å². The summed E-state index contributed by atoms with van der Waals surface area (Å²) in [6.07, 6.45) is 6.98. The number of carbonyl (C=O) groups excluding carboxylic acids is 1. The van der Waals surface area contributed by atoms with Gasteiger partial charge in [0.05, 0.1) is 6.61 Å². The van der Waals surface area contributed by atoms with Gasteiger partial charge in [-0.2, -0.15) is 0 Å². The van der Waals surface area contributed by atoms with Crippen LogP contribution in [0.2, 0.25) is 0 Å². The van der Waals surface area contributed by atoms with E-state index in [2.05, 4.69) is 23.8 Å². The van der Waals surface area contributed by atoms with E-state index in [1.54, 1.807) is 11.1 Å². The molecule has 0 N–H and O–H groups in total. The standard InChI is InChI=1S/C22H30N4O2S/c1-5-16(2)8-7-13-28-18-10-6-9-17(14-18)26-12-11-25(3)20-19(21(26)27)15-23-22(24-20)29-4/h6,9-10,14-16H,5,7-8,11-13H2,1-4H3. The first-order valence-corrected chi connectivity index (χ1v) is 11.4. The molecule has 0 radical (unpaired) electrons. The molecule has 0 saturated heterocycles. The number of anilines is 2. The van der Waals surface area contributed by atoms with Gasteiger partial charge in [-0.1, -0.05) is 38.1 Å². The van der Waals surface area contributed by atoms with Gasteiger partial charge >= 0.3 is 0 Å². The summed E-state index contributed by atoms with van der Waals surface area (Å²) >= 11 is 1.47. The van der Waals surface area contributed by atoms with E-state index in [1.807, 2.05) is 42.5 Å². The predicted octanol–water partition coefficient (Wildman–Crippen LogP) is 4.50. The summed E-state index contributed by atoms with van der Waals surface area (Å²) in [6.45, 7) is 6.46. The summed E-state index contributed by atoms with van der Waals surface area (Å²) in [5.74, 6) is 2.14. The molecule has 0 spiro atoms. The van der Waals surface area contributed by atoms with Gasteiger partial charge < -0.3 is 14.5 Å². The number of ether oxygens (including phenoxy) is 1. The van der Waals surface area contributed by atoms with Gasteiger partial charge in [-0.15, -0.1) is 0 Å². The fraction of sp³-hybridized carbons (Fsp3) is 0.500. The number of fused-ring (bicyclic) bond motifs is 1. The first kappa shape index (κ1) is 21.4. The van der Waals surface area contributed by atoms with Crippen LogP contribution in [0, 0.1) is 5.92 Å². The van der Waals surface area contributed by atoms with Crippen LogP contribution in [0.5, 0.6) is 5.75 Å². The van der Waals surface area contributed by atoms with Crippen LogP contribution in [0.3, 0.4) is 0 Å². The molecule has 156 valence electrons. The van der Waals surface area contributed by atoms with Crippen molar-refractivity contribution in [3.63, 3.8) is 0 Å². The van der Waals surface area contributed by atoms with Crippen LogP contribution in [0.15, 0.2) is 35.6 Å². The maximum absolute atomic E-state index is 13.2. The summed E-state index contributed by atoms with van der Waals surface area (Å²) in [5, 5.41) is 0.671. The third-order valence-corrected chi connectivity index (χ3v) is 5.92. The Balaban J connectivity index is 1.75. The molecule has 1 aromatic heterocycles. The first-order valence-electron chi connectivity index (χ1n) is 10.2. The minimum Gasteiger partial charge on any atom is -0.494 e. The topological polar surface area (TPSA) is 58.6 Å². The van der Waals surface area contributed by atoms with Gasteiger partial charge in [0.2, 0.25) is 0 Å². The summed E-state index contributed by atoms with van der Waals surface area (Å²) < 4.78 is 5.94. The number of likely N-dealkylation sites (N-methyl/N-ethyl adjacent to an activating group) is 1. The monoisotopic (exact) mass is 414 g/mol. The van der Waals surface area contributed by atoms with Crippen LogP contribution in [-0.4, -0.2) is 48.9 Å². The molecular formula is C22H30N4O2S. The summed E-state index contributed by atoms with van der Waals surface area (Å²) in [4.78, 5) is 25.9. The molecule has 2 heterocycles. The summed E-state index contributed by atoms with van der Waals surface area (Å²) in [6, 6.07) is 7.79. The van der Waals surface area contributed by atoms with Gasteiger partial charge in [-0.05, 0) is 37.1 Å². The lowest BCUT2D eigenvalue weighted by molar-refractivity contribution is 0.0989. The molecule has 0 fully saturated rings. The fourth-order valence-corrected chi connectivity index (χ4v) is 3.65. The van der Waals surface area contributed by atoms with E-state index < -0.39 is 0 Å². The fourth-order valence-electron chi connectivity index (χ4n) is 3.31. The highest BCUT2D eigenvalue weighted by Crippen LogP contribution is 2.28. The minimum absolute atomic E-state index is 0.0778. The van der Waals surface area contributed by atoms with Crippen LogP contribution in [0.1, 0.15) is 43.5 Å². The number of hydrogen-bond donors (Lipinski definition) is 0. The molecule has 0 bridgehead atoms. The third kappa shape index (κ3) is 5.21. The van der Waals surface area contributed by atoms with Gasteiger partial charge in [0.1, 0.15) is 17.1 Å². The highest BCUT2D eigenvalue weighted by atomic mass is 32.2. The molecule has 0 aliphatic carbocycles. The Morgan fingerprint density at radius 2 is 2.14 bits per heavy atom. The Kier molecular flexibility index (Phi) is 7.36. The van der Waals surface area contributed by atoms with Crippen molar-refractivity contribution in [3.05, 3.63) is 36.0 Å². The van der Waals surface area contributed by atoms with Crippen LogP contribution in [-0.2, 0) is 0 Å². The van der Waals surface area contributed by atoms with Crippen LogP contribution in [0.25, 0.3) is 0 Å². The number of nitrogens with zero attached hydrogens (tertiary/aromatic N) is 4. The highest BCUT2D eigenvalue weighted by molar-refractivity contribution is 7.98. The number of amides is 1. The zero-order valence-electron chi connectivity index (χ0n) is 17.7. The number of thioether (sulfide) groups is 1. The quantitative estimate of drug-likeness (QED) is 0.360. The Labute approximate surface area is 177 Å². The Bertz CT molecular complexity index is 845. The first-order chi connectivity index (χ1) is 14.0. The van der Waals surface area contributed by atoms with Crippen LogP contribution in [0.4, 0.5) is 11.5 Å². The number of rotatable bonds is 8. The van der Waals surface area contributed by atoms with Crippen molar-refractivity contribution >= 4 is 29.2 Å². The highest BCUT2D eigenvalue weighted by Gasteiger charge is 2.28. The second-order valence-corrected chi connectivity index (χ2v) is 8.25. The predicted molar refractivity (Wildman–Crippen MR) is 119 cm³/mol. The Hall–Kier alpha value is -2.28. The van der Waals surface area contributed by atoms with Crippen molar-refractivity contribution in [2.24, 2.45) is 5.92 Å². The molecular weight excluding hydrogens is 384 g/mol. The van der Waals surface area contributed by atoms with Gasteiger partial charge in [0.25, 0.3) is 5.91 Å². The maximum Gasteiger partial charge on any atom is 0.263 e. The van der Waals surface area contributed by atoms with Crippen molar-refractivity contribution in [2.45, 2.75) is 38.3 Å². The molecule has 29 heavy (non-hydrogen) atoms. The second-order valence-electron chi connectivity index (χ2n) is 7.47. The molecule has 1 aliphatic heterocycles. The molecule has 1 unspecified atom stereocenters. The summed E-state index contributed by atoms with van der Waals surface area (Å²) in [7, 11) is 1.96. The maximum atomic E-state index is 13.2. The number of carbonyl (C=O) groups is 1. The number of hydrogen-bond acceptors (Lipinski definition) is 6. The normalized spacial score (nSPS) is 15.1. The van der Waals surface area contributed by atoms with E-state index in [1.165, 1.54) is 24.6 Å². The lowest BCUT2D eigenvalue weighted by Crippen LogP contribution is -2.33. The SMILES string of the molecule is CCC(C)CCCOc1cccc(N2CCN(C)c3nc(SC)ncc3C2=O)c1. The molecule has 3 rings (SSSR count). The van der Waals surface area contributed by atoms with Gasteiger partial charge in [0, 0.05) is 38.1 Å². The van der Waals surface area contributed by atoms with Crippen molar-refractivity contribution in [3.8, 4) is 5.75 Å². The number of benzene rings is 1. The van der Waals surface area contributed by atoms with Crippen LogP contribution < -0.4 is 14.5 Å². The zero-order valence-corrected chi connectivity index (χ0v) is 18.5. The van der Waals surface area contributed by atoms with E-state index in [0.29, 0.717) is 36.2 Å². The minimum atomic E-state index is -0.0778. The molecule has 1 amide bonds.